The van der Waals surface area contributed by atoms with E-state index in [0.29, 0.717) is 37.5 Å². The first-order valence-electron chi connectivity index (χ1n) is 14.1. The zero-order valence-corrected chi connectivity index (χ0v) is 24.6. The van der Waals surface area contributed by atoms with E-state index >= 15 is 0 Å². The number of rotatable bonds is 0. The summed E-state index contributed by atoms with van der Waals surface area (Å²) < 4.78 is 0. The summed E-state index contributed by atoms with van der Waals surface area (Å²) in [6.45, 7) is 16.6. The number of carbonyl (C=O) groups excluding carboxylic acids is 2. The number of hydrogen-bond donors (Lipinski definition) is 4. The zero-order valence-electron chi connectivity index (χ0n) is 24.6. The third-order valence-electron chi connectivity index (χ3n) is 10.1. The SMILES string of the molecule is C#C.CC1=C2C(C)CCC(=O)C(O)C(C[C@@H]1O)C2(C)C.CC1=C2[C@H](C)CCC(=O)[C@@H](O)C(C[C@@H]1O)C2(C)C. The first-order valence-corrected chi connectivity index (χ1v) is 14.1. The lowest BCUT2D eigenvalue weighted by molar-refractivity contribution is -0.135. The largest absolute Gasteiger partial charge is 0.389 e. The number of fused-ring (bicyclic) bond motifs is 4. The van der Waals surface area contributed by atoms with Gasteiger partial charge in [-0.25, -0.2) is 0 Å². The van der Waals surface area contributed by atoms with Gasteiger partial charge in [-0.1, -0.05) is 52.7 Å². The van der Waals surface area contributed by atoms with Gasteiger partial charge in [0.15, 0.2) is 11.6 Å². The molecule has 6 heteroatoms. The van der Waals surface area contributed by atoms with Crippen LogP contribution in [0, 0.1) is 47.3 Å². The van der Waals surface area contributed by atoms with Gasteiger partial charge in [0.25, 0.3) is 0 Å². The Kier molecular flexibility index (Phi) is 10.4. The molecule has 4 unspecified atom stereocenters. The molecule has 214 valence electrons. The molecule has 4 bridgehead atoms. The number of allylic oxidation sites excluding steroid dienone is 2. The predicted molar refractivity (Wildman–Crippen MR) is 150 cm³/mol. The van der Waals surface area contributed by atoms with Gasteiger partial charge in [0.05, 0.1) is 12.2 Å². The van der Waals surface area contributed by atoms with E-state index in [0.717, 1.165) is 24.0 Å². The van der Waals surface area contributed by atoms with E-state index in [4.69, 9.17) is 0 Å². The lowest BCUT2D eigenvalue weighted by atomic mass is 9.58. The normalized spacial score (nSPS) is 38.4. The lowest BCUT2D eigenvalue weighted by Gasteiger charge is -2.48. The van der Waals surface area contributed by atoms with Crippen molar-refractivity contribution < 1.29 is 30.0 Å². The fourth-order valence-corrected chi connectivity index (χ4v) is 8.04. The molecule has 38 heavy (non-hydrogen) atoms. The average molecular weight is 531 g/mol. The molecular weight excluding hydrogens is 480 g/mol. The molecule has 0 aromatic heterocycles. The van der Waals surface area contributed by atoms with E-state index in [1.165, 1.54) is 11.1 Å². The number of aliphatic hydroxyl groups is 4. The van der Waals surface area contributed by atoms with Crippen LogP contribution in [0.25, 0.3) is 0 Å². The Balaban J connectivity index is 0.000000251. The van der Waals surface area contributed by atoms with Crippen LogP contribution in [-0.2, 0) is 9.59 Å². The molecular formula is C32H50O6. The van der Waals surface area contributed by atoms with Crippen LogP contribution in [0.1, 0.15) is 93.9 Å². The summed E-state index contributed by atoms with van der Waals surface area (Å²) in [7, 11) is 0. The summed E-state index contributed by atoms with van der Waals surface area (Å²) in [5.74, 6) is 0.141. The standard InChI is InChI=1S/2C15H24O3.C2H2/c2*1-8-5-6-11(16)14(18)10-7-12(17)9(2)13(8)15(10,3)4;1-2/h2*8,10,12,14,17-18H,5-7H2,1-4H3;1-2H/t8?,10?,12-,14?;8-,10?,12+,14+;/m01./s1. The molecule has 2 fully saturated rings. The van der Waals surface area contributed by atoms with Crippen molar-refractivity contribution in [2.45, 2.75) is 118 Å². The number of terminal acetylenes is 1. The van der Waals surface area contributed by atoms with Crippen LogP contribution in [0.3, 0.4) is 0 Å². The lowest BCUT2D eigenvalue weighted by Crippen LogP contribution is -2.48. The van der Waals surface area contributed by atoms with Gasteiger partial charge in [-0.3, -0.25) is 9.59 Å². The number of carbonyl (C=O) groups is 2. The Morgan fingerprint density at radius 2 is 0.947 bits per heavy atom. The van der Waals surface area contributed by atoms with Gasteiger partial charge in [0.2, 0.25) is 0 Å². The van der Waals surface area contributed by atoms with Crippen molar-refractivity contribution in [1.29, 1.82) is 0 Å². The maximum Gasteiger partial charge on any atom is 0.161 e. The van der Waals surface area contributed by atoms with Gasteiger partial charge in [-0.2, -0.15) is 0 Å². The van der Waals surface area contributed by atoms with Gasteiger partial charge in [0.1, 0.15) is 12.2 Å². The van der Waals surface area contributed by atoms with Crippen molar-refractivity contribution in [2.75, 3.05) is 0 Å². The van der Waals surface area contributed by atoms with Gasteiger partial charge in [-0.15, -0.1) is 12.8 Å². The molecule has 0 aliphatic heterocycles. The Labute approximate surface area is 229 Å². The number of hydrogen-bond acceptors (Lipinski definition) is 6. The number of Topliss-reactive ketones (excluding diaryl/α,β-unsaturated/α-hetero) is 2. The van der Waals surface area contributed by atoms with E-state index in [1.807, 2.05) is 13.8 Å². The molecule has 0 heterocycles. The molecule has 2 saturated carbocycles. The molecule has 8 atom stereocenters. The van der Waals surface area contributed by atoms with Crippen molar-refractivity contribution >= 4 is 11.6 Å². The molecule has 0 saturated heterocycles. The quantitative estimate of drug-likeness (QED) is 0.273. The van der Waals surface area contributed by atoms with Crippen molar-refractivity contribution in [1.82, 2.24) is 0 Å². The minimum Gasteiger partial charge on any atom is -0.389 e. The average Bonchev–Trinajstić information content (AvgIpc) is 2.85. The zero-order chi connectivity index (χ0) is 29.3. The maximum absolute atomic E-state index is 11.9. The smallest absolute Gasteiger partial charge is 0.161 e. The second kappa shape index (κ2) is 12.2. The molecule has 0 amide bonds. The minimum absolute atomic E-state index is 0.0641. The van der Waals surface area contributed by atoms with Gasteiger partial charge >= 0.3 is 0 Å². The highest BCUT2D eigenvalue weighted by Crippen LogP contribution is 2.52. The second-order valence-corrected chi connectivity index (χ2v) is 13.1. The van der Waals surface area contributed by atoms with Crippen LogP contribution < -0.4 is 0 Å². The molecule has 0 radical (unpaired) electrons. The third kappa shape index (κ3) is 5.87. The van der Waals surface area contributed by atoms with Crippen molar-refractivity contribution in [3.63, 3.8) is 0 Å². The van der Waals surface area contributed by atoms with Crippen LogP contribution >= 0.6 is 0 Å². The molecule has 4 rings (SSSR count). The fourth-order valence-electron chi connectivity index (χ4n) is 8.04. The molecule has 4 N–H and O–H groups in total. The molecule has 4 aliphatic carbocycles. The number of aliphatic hydroxyl groups excluding tert-OH is 4. The van der Waals surface area contributed by atoms with E-state index in [-0.39, 0.29) is 34.2 Å². The Morgan fingerprint density at radius 3 is 1.24 bits per heavy atom. The van der Waals surface area contributed by atoms with Crippen LogP contribution in [0.15, 0.2) is 22.3 Å². The van der Waals surface area contributed by atoms with Gasteiger partial charge < -0.3 is 20.4 Å². The summed E-state index contributed by atoms with van der Waals surface area (Å²) in [6, 6.07) is 0. The van der Waals surface area contributed by atoms with Crippen LogP contribution in [0.5, 0.6) is 0 Å². The predicted octanol–water partition coefficient (Wildman–Crippen LogP) is 4.39. The van der Waals surface area contributed by atoms with Crippen molar-refractivity contribution in [2.24, 2.45) is 34.5 Å². The summed E-state index contributed by atoms with van der Waals surface area (Å²) in [6.07, 6.45) is 8.53. The Morgan fingerprint density at radius 1 is 0.658 bits per heavy atom. The van der Waals surface area contributed by atoms with E-state index in [9.17, 15) is 30.0 Å². The van der Waals surface area contributed by atoms with Gasteiger partial charge in [-0.05, 0) is 73.3 Å². The highest BCUT2D eigenvalue weighted by Gasteiger charge is 2.49. The van der Waals surface area contributed by atoms with E-state index in [1.54, 1.807) is 0 Å². The third-order valence-corrected chi connectivity index (χ3v) is 10.1. The van der Waals surface area contributed by atoms with Crippen molar-refractivity contribution in [3.05, 3.63) is 22.3 Å². The first-order chi connectivity index (χ1) is 17.5. The summed E-state index contributed by atoms with van der Waals surface area (Å²) >= 11 is 0. The van der Waals surface area contributed by atoms with E-state index < -0.39 is 24.4 Å². The fraction of sp³-hybridized carbons (Fsp3) is 0.750. The molecule has 6 nitrogen and oxygen atoms in total. The maximum atomic E-state index is 11.9. The molecule has 0 aromatic carbocycles. The highest BCUT2D eigenvalue weighted by molar-refractivity contribution is 5.84. The van der Waals surface area contributed by atoms with Crippen LogP contribution in [0.4, 0.5) is 0 Å². The molecule has 0 aromatic rings. The molecule has 4 aliphatic rings. The van der Waals surface area contributed by atoms with Crippen LogP contribution in [0.2, 0.25) is 0 Å². The molecule has 0 spiro atoms. The summed E-state index contributed by atoms with van der Waals surface area (Å²) in [5.41, 5.74) is 4.17. The Bertz CT molecular complexity index is 907. The van der Waals surface area contributed by atoms with Crippen LogP contribution in [-0.4, -0.2) is 56.4 Å². The van der Waals surface area contributed by atoms with Crippen molar-refractivity contribution in [3.8, 4) is 12.8 Å². The Hall–Kier alpha value is -1.78. The minimum atomic E-state index is -0.926. The number of ketones is 2. The topological polar surface area (TPSA) is 115 Å². The van der Waals surface area contributed by atoms with Gasteiger partial charge in [0, 0.05) is 24.7 Å². The monoisotopic (exact) mass is 530 g/mol. The first kappa shape index (κ1) is 32.4. The summed E-state index contributed by atoms with van der Waals surface area (Å²) in [4.78, 5) is 23.9. The van der Waals surface area contributed by atoms with E-state index in [2.05, 4.69) is 54.4 Å². The summed E-state index contributed by atoms with van der Waals surface area (Å²) in [5, 5.41) is 40.8. The highest BCUT2D eigenvalue weighted by atomic mass is 16.3. The second-order valence-electron chi connectivity index (χ2n) is 13.1.